The van der Waals surface area contributed by atoms with Crippen molar-refractivity contribution >= 4 is 5.97 Å². The first kappa shape index (κ1) is 12.0. The van der Waals surface area contributed by atoms with E-state index in [1.807, 2.05) is 0 Å². The average molecular weight is 244 g/mol. The summed E-state index contributed by atoms with van der Waals surface area (Å²) >= 11 is 0. The molecule has 0 radical (unpaired) electrons. The third-order valence-electron chi connectivity index (χ3n) is 2.38. The molecule has 1 N–H and O–H groups in total. The number of ether oxygens (including phenoxy) is 1. The topological polar surface area (TPSA) is 72.3 Å². The van der Waals surface area contributed by atoms with E-state index in [0.29, 0.717) is 16.8 Å². The summed E-state index contributed by atoms with van der Waals surface area (Å²) in [4.78, 5) is 19.4. The summed E-state index contributed by atoms with van der Waals surface area (Å²) in [6.45, 7) is 1.76. The Labute approximate surface area is 104 Å². The number of carbonyl (C=O) groups excluding carboxylic acids is 1. The summed E-state index contributed by atoms with van der Waals surface area (Å²) in [5.74, 6) is -0.368. The first-order chi connectivity index (χ1) is 8.66. The van der Waals surface area contributed by atoms with Crippen molar-refractivity contribution in [1.29, 1.82) is 0 Å². The van der Waals surface area contributed by atoms with Crippen molar-refractivity contribution in [2.45, 2.75) is 13.5 Å². The highest BCUT2D eigenvalue weighted by Crippen LogP contribution is 2.15. The van der Waals surface area contributed by atoms with Crippen molar-refractivity contribution in [2.75, 3.05) is 0 Å². The fourth-order valence-electron chi connectivity index (χ4n) is 1.36. The molecule has 0 fully saturated rings. The molecular weight excluding hydrogens is 232 g/mol. The van der Waals surface area contributed by atoms with Crippen molar-refractivity contribution < 1.29 is 14.6 Å². The molecule has 0 amide bonds. The van der Waals surface area contributed by atoms with Gasteiger partial charge in [0, 0.05) is 24.2 Å². The molecule has 0 unspecified atom stereocenters. The third kappa shape index (κ3) is 2.82. The van der Waals surface area contributed by atoms with Gasteiger partial charge in [-0.25, -0.2) is 4.79 Å². The van der Waals surface area contributed by atoms with Gasteiger partial charge in [0.05, 0.1) is 11.3 Å². The van der Waals surface area contributed by atoms with Gasteiger partial charge in [-0.3, -0.25) is 9.97 Å². The molecule has 5 nitrogen and oxygen atoms in total. The van der Waals surface area contributed by atoms with Crippen LogP contribution < -0.4 is 0 Å². The van der Waals surface area contributed by atoms with Gasteiger partial charge < -0.3 is 9.84 Å². The fourth-order valence-corrected chi connectivity index (χ4v) is 1.36. The van der Waals surface area contributed by atoms with Crippen LogP contribution in [0.5, 0.6) is 5.75 Å². The molecule has 0 aromatic carbocycles. The standard InChI is InChI=1S/C13H12N2O3/c1-9-12(16)5-10(6-15-9)8-18-13(17)11-3-2-4-14-7-11/h2-7,16H,8H2,1H3. The lowest BCUT2D eigenvalue weighted by Crippen LogP contribution is -2.05. The molecule has 2 aromatic rings. The molecule has 18 heavy (non-hydrogen) atoms. The minimum Gasteiger partial charge on any atom is -0.506 e. The van der Waals surface area contributed by atoms with E-state index in [4.69, 9.17) is 4.74 Å². The maximum Gasteiger partial charge on any atom is 0.340 e. The second-order valence-corrected chi connectivity index (χ2v) is 3.77. The molecule has 92 valence electrons. The normalized spacial score (nSPS) is 10.1. The zero-order valence-electron chi connectivity index (χ0n) is 9.83. The van der Waals surface area contributed by atoms with Gasteiger partial charge in [-0.15, -0.1) is 0 Å². The quantitative estimate of drug-likeness (QED) is 0.834. The van der Waals surface area contributed by atoms with Crippen molar-refractivity contribution in [3.8, 4) is 5.75 Å². The zero-order chi connectivity index (χ0) is 13.0. The Morgan fingerprint density at radius 3 is 2.94 bits per heavy atom. The summed E-state index contributed by atoms with van der Waals surface area (Å²) in [5, 5.41) is 9.47. The Kier molecular flexibility index (Phi) is 3.52. The number of hydrogen-bond acceptors (Lipinski definition) is 5. The van der Waals surface area contributed by atoms with Crippen molar-refractivity contribution in [3.05, 3.63) is 53.6 Å². The number of nitrogens with zero attached hydrogens (tertiary/aromatic N) is 2. The Morgan fingerprint density at radius 1 is 1.44 bits per heavy atom. The Balaban J connectivity index is 1.99. The Bertz CT molecular complexity index is 555. The van der Waals surface area contributed by atoms with Gasteiger partial charge in [-0.1, -0.05) is 0 Å². The monoisotopic (exact) mass is 244 g/mol. The van der Waals surface area contributed by atoms with Crippen LogP contribution in [-0.2, 0) is 11.3 Å². The van der Waals surface area contributed by atoms with Crippen LogP contribution in [0.2, 0.25) is 0 Å². The molecule has 0 saturated carbocycles. The van der Waals surface area contributed by atoms with Crippen LogP contribution in [0.15, 0.2) is 36.8 Å². The molecule has 5 heteroatoms. The van der Waals surface area contributed by atoms with Crippen LogP contribution in [0.25, 0.3) is 0 Å². The summed E-state index contributed by atoms with van der Waals surface area (Å²) in [5.41, 5.74) is 1.56. The highest BCUT2D eigenvalue weighted by molar-refractivity contribution is 5.88. The van der Waals surface area contributed by atoms with Crippen molar-refractivity contribution in [2.24, 2.45) is 0 Å². The molecule has 2 heterocycles. The third-order valence-corrected chi connectivity index (χ3v) is 2.38. The zero-order valence-corrected chi connectivity index (χ0v) is 9.83. The van der Waals surface area contributed by atoms with Gasteiger partial charge in [0.1, 0.15) is 12.4 Å². The van der Waals surface area contributed by atoms with Crippen LogP contribution in [0.3, 0.4) is 0 Å². The van der Waals surface area contributed by atoms with E-state index in [2.05, 4.69) is 9.97 Å². The maximum absolute atomic E-state index is 11.6. The average Bonchev–Trinajstić information content (AvgIpc) is 2.41. The highest BCUT2D eigenvalue weighted by Gasteiger charge is 2.07. The summed E-state index contributed by atoms with van der Waals surface area (Å²) in [6.07, 6.45) is 4.58. The van der Waals surface area contributed by atoms with Crippen molar-refractivity contribution in [3.63, 3.8) is 0 Å². The molecule has 0 bridgehead atoms. The van der Waals surface area contributed by atoms with Crippen molar-refractivity contribution in [1.82, 2.24) is 9.97 Å². The first-order valence-electron chi connectivity index (χ1n) is 5.38. The lowest BCUT2D eigenvalue weighted by molar-refractivity contribution is 0.0471. The second-order valence-electron chi connectivity index (χ2n) is 3.77. The van der Waals surface area contributed by atoms with Crippen LogP contribution in [0.1, 0.15) is 21.6 Å². The van der Waals surface area contributed by atoms with Gasteiger partial charge in [-0.2, -0.15) is 0 Å². The van der Waals surface area contributed by atoms with Crippen LogP contribution in [-0.4, -0.2) is 21.0 Å². The van der Waals surface area contributed by atoms with E-state index in [9.17, 15) is 9.90 Å². The molecule has 0 saturated heterocycles. The van der Waals surface area contributed by atoms with Crippen LogP contribution >= 0.6 is 0 Å². The number of aryl methyl sites for hydroxylation is 1. The number of esters is 1. The molecule has 0 aliphatic rings. The minimum absolute atomic E-state index is 0.0641. The number of aromatic nitrogens is 2. The Morgan fingerprint density at radius 2 is 2.28 bits per heavy atom. The summed E-state index contributed by atoms with van der Waals surface area (Å²) < 4.78 is 5.08. The van der Waals surface area contributed by atoms with E-state index in [1.54, 1.807) is 31.5 Å². The minimum atomic E-state index is -0.455. The number of carbonyl (C=O) groups is 1. The SMILES string of the molecule is Cc1ncc(COC(=O)c2cccnc2)cc1O. The highest BCUT2D eigenvalue weighted by atomic mass is 16.5. The van der Waals surface area contributed by atoms with E-state index >= 15 is 0 Å². The number of hydrogen-bond donors (Lipinski definition) is 1. The molecule has 0 aliphatic heterocycles. The van der Waals surface area contributed by atoms with E-state index in [1.165, 1.54) is 12.3 Å². The summed E-state index contributed by atoms with van der Waals surface area (Å²) in [7, 11) is 0. The van der Waals surface area contributed by atoms with E-state index in [0.717, 1.165) is 0 Å². The maximum atomic E-state index is 11.6. The number of aromatic hydroxyl groups is 1. The number of pyridine rings is 2. The molecule has 2 aromatic heterocycles. The molecule has 0 aliphatic carbocycles. The fraction of sp³-hybridized carbons (Fsp3) is 0.154. The largest absolute Gasteiger partial charge is 0.506 e. The van der Waals surface area contributed by atoms with E-state index < -0.39 is 5.97 Å². The summed E-state index contributed by atoms with van der Waals surface area (Å²) in [6, 6.07) is 4.81. The smallest absolute Gasteiger partial charge is 0.340 e. The lowest BCUT2D eigenvalue weighted by Gasteiger charge is -2.05. The lowest BCUT2D eigenvalue weighted by atomic mass is 10.2. The van der Waals surface area contributed by atoms with E-state index in [-0.39, 0.29) is 12.4 Å². The van der Waals surface area contributed by atoms with Gasteiger partial charge in [0.15, 0.2) is 0 Å². The Hall–Kier alpha value is -2.43. The predicted octanol–water partition coefficient (Wildman–Crippen LogP) is 1.85. The molecule has 0 spiro atoms. The molecular formula is C13H12N2O3. The van der Waals surface area contributed by atoms with Gasteiger partial charge >= 0.3 is 5.97 Å². The number of rotatable bonds is 3. The predicted molar refractivity (Wildman–Crippen MR) is 64.0 cm³/mol. The second kappa shape index (κ2) is 5.27. The van der Waals surface area contributed by atoms with Gasteiger partial charge in [0.25, 0.3) is 0 Å². The molecule has 2 rings (SSSR count). The molecule has 0 atom stereocenters. The van der Waals surface area contributed by atoms with Crippen LogP contribution in [0, 0.1) is 6.92 Å². The van der Waals surface area contributed by atoms with Gasteiger partial charge in [-0.05, 0) is 25.1 Å². The van der Waals surface area contributed by atoms with Crippen LogP contribution in [0.4, 0.5) is 0 Å². The first-order valence-corrected chi connectivity index (χ1v) is 5.38. The van der Waals surface area contributed by atoms with Gasteiger partial charge in [0.2, 0.25) is 0 Å².